The van der Waals surface area contributed by atoms with Gasteiger partial charge in [0.15, 0.2) is 5.78 Å². The molecule has 2 aromatic rings. The molecule has 0 amide bonds. The molecule has 2 aromatic carbocycles. The average Bonchev–Trinajstić information content (AvgIpc) is 3.22. The molecular formula is C29H33Cl4NO4S. The summed E-state index contributed by atoms with van der Waals surface area (Å²) in [6.07, 6.45) is 2.21. The molecule has 0 saturated heterocycles. The number of ketones is 2. The summed E-state index contributed by atoms with van der Waals surface area (Å²) in [6.45, 7) is 11.1. The summed E-state index contributed by atoms with van der Waals surface area (Å²) >= 11 is 25.3. The summed E-state index contributed by atoms with van der Waals surface area (Å²) in [6, 6.07) is 7.48. The van der Waals surface area contributed by atoms with Crippen LogP contribution in [0.2, 0.25) is 20.1 Å². The van der Waals surface area contributed by atoms with Gasteiger partial charge in [0.1, 0.15) is 10.7 Å². The summed E-state index contributed by atoms with van der Waals surface area (Å²) in [5.41, 5.74) is 0.107. The van der Waals surface area contributed by atoms with E-state index < -0.39 is 33.4 Å². The lowest BCUT2D eigenvalue weighted by Crippen LogP contribution is -2.45. The number of Topliss-reactive ketones (excluding diaryl/α,β-unsaturated/α-hetero) is 2. The molecule has 10 heteroatoms. The second kappa shape index (κ2) is 12.2. The zero-order chi connectivity index (χ0) is 29.4. The standard InChI is InChI=1S/C29H33Cl4NO4S/c1-16(2)12-19(17(3)35)14-25(36)20-15-26(29(4,5)6)34(27(20)18-10-11-21(30)24(33)13-18)39(37,38)28-22(31)8-7-9-23(28)32/h7-11,13,15-16,19,26-27H,12,14H2,1-6H3/t19-,26+,27+/m1/s1. The molecule has 39 heavy (non-hydrogen) atoms. The first-order valence-electron chi connectivity index (χ1n) is 12.6. The third-order valence-electron chi connectivity index (χ3n) is 6.85. The van der Waals surface area contributed by atoms with Gasteiger partial charge in [0.25, 0.3) is 0 Å². The zero-order valence-electron chi connectivity index (χ0n) is 22.8. The van der Waals surface area contributed by atoms with Crippen molar-refractivity contribution in [2.24, 2.45) is 17.3 Å². The zero-order valence-corrected chi connectivity index (χ0v) is 26.6. The van der Waals surface area contributed by atoms with Gasteiger partial charge in [-0.05, 0) is 54.5 Å². The van der Waals surface area contributed by atoms with Crippen molar-refractivity contribution in [2.75, 3.05) is 0 Å². The van der Waals surface area contributed by atoms with Crippen LogP contribution in [0, 0.1) is 17.3 Å². The van der Waals surface area contributed by atoms with E-state index in [1.54, 1.807) is 30.3 Å². The van der Waals surface area contributed by atoms with Crippen LogP contribution < -0.4 is 0 Å². The Morgan fingerprint density at radius 2 is 1.54 bits per heavy atom. The normalized spacial score (nSPS) is 19.3. The first kappa shape index (κ1) is 32.1. The number of carbonyl (C=O) groups excluding carboxylic acids is 2. The van der Waals surface area contributed by atoms with Gasteiger partial charge in [-0.15, -0.1) is 0 Å². The van der Waals surface area contributed by atoms with Crippen LogP contribution in [0.5, 0.6) is 0 Å². The SMILES string of the molecule is CC(=O)[C@@H](CC(=O)C1=C[C@@H](C(C)(C)C)N(S(=O)(=O)c2c(Cl)cccc2Cl)[C@H]1c1ccc(Cl)c(Cl)c1)CC(C)C. The van der Waals surface area contributed by atoms with E-state index in [1.165, 1.54) is 23.4 Å². The molecule has 0 saturated carbocycles. The maximum absolute atomic E-state index is 14.4. The molecule has 0 bridgehead atoms. The lowest BCUT2D eigenvalue weighted by atomic mass is 9.85. The predicted molar refractivity (Wildman–Crippen MR) is 159 cm³/mol. The number of benzene rings is 2. The lowest BCUT2D eigenvalue weighted by molar-refractivity contribution is -0.125. The van der Waals surface area contributed by atoms with Crippen LogP contribution in [-0.4, -0.2) is 30.3 Å². The van der Waals surface area contributed by atoms with E-state index in [-0.39, 0.29) is 49.4 Å². The van der Waals surface area contributed by atoms with E-state index in [0.717, 1.165) is 0 Å². The molecule has 1 aliphatic heterocycles. The molecule has 0 spiro atoms. The van der Waals surface area contributed by atoms with Gasteiger partial charge in [-0.2, -0.15) is 4.31 Å². The second-order valence-electron chi connectivity index (χ2n) is 11.5. The molecule has 212 valence electrons. The van der Waals surface area contributed by atoms with E-state index in [2.05, 4.69) is 0 Å². The largest absolute Gasteiger partial charge is 0.300 e. The quantitative estimate of drug-likeness (QED) is 0.277. The molecular weight excluding hydrogens is 600 g/mol. The molecule has 0 aliphatic carbocycles. The number of halogens is 4. The van der Waals surface area contributed by atoms with Gasteiger partial charge in [0.2, 0.25) is 10.0 Å². The Hall–Kier alpha value is -1.41. The van der Waals surface area contributed by atoms with Crippen LogP contribution in [0.15, 0.2) is 52.9 Å². The lowest BCUT2D eigenvalue weighted by Gasteiger charge is -2.37. The fourth-order valence-corrected chi connectivity index (χ4v) is 8.26. The third kappa shape index (κ3) is 6.91. The molecule has 0 unspecified atom stereocenters. The van der Waals surface area contributed by atoms with E-state index in [9.17, 15) is 18.0 Å². The van der Waals surface area contributed by atoms with Crippen molar-refractivity contribution < 1.29 is 18.0 Å². The Morgan fingerprint density at radius 1 is 0.949 bits per heavy atom. The van der Waals surface area contributed by atoms with E-state index in [1.807, 2.05) is 34.6 Å². The van der Waals surface area contributed by atoms with E-state index in [4.69, 9.17) is 46.4 Å². The Bertz CT molecular complexity index is 1390. The van der Waals surface area contributed by atoms with Gasteiger partial charge in [0, 0.05) is 24.0 Å². The summed E-state index contributed by atoms with van der Waals surface area (Å²) in [4.78, 5) is 26.1. The van der Waals surface area contributed by atoms with Gasteiger partial charge in [0.05, 0.1) is 26.1 Å². The molecule has 0 radical (unpaired) electrons. The minimum absolute atomic E-state index is 0.0311. The molecule has 0 aromatic heterocycles. The van der Waals surface area contributed by atoms with Crippen molar-refractivity contribution in [3.05, 3.63) is 73.7 Å². The third-order valence-corrected chi connectivity index (χ3v) is 10.4. The van der Waals surface area contributed by atoms with Crippen molar-refractivity contribution in [3.63, 3.8) is 0 Å². The van der Waals surface area contributed by atoms with Gasteiger partial charge >= 0.3 is 0 Å². The highest BCUT2D eigenvalue weighted by atomic mass is 35.5. The molecule has 5 nitrogen and oxygen atoms in total. The number of hydrogen-bond acceptors (Lipinski definition) is 4. The number of nitrogens with zero attached hydrogens (tertiary/aromatic N) is 1. The topological polar surface area (TPSA) is 71.5 Å². The average molecular weight is 633 g/mol. The molecule has 3 atom stereocenters. The summed E-state index contributed by atoms with van der Waals surface area (Å²) < 4.78 is 30.1. The number of rotatable bonds is 9. The van der Waals surface area contributed by atoms with Gasteiger partial charge in [-0.1, -0.05) is 99.2 Å². The smallest absolute Gasteiger partial charge is 0.247 e. The highest BCUT2D eigenvalue weighted by Gasteiger charge is 2.50. The first-order valence-corrected chi connectivity index (χ1v) is 15.6. The van der Waals surface area contributed by atoms with E-state index in [0.29, 0.717) is 17.0 Å². The number of hydrogen-bond donors (Lipinski definition) is 0. The fourth-order valence-electron chi connectivity index (χ4n) is 4.94. The summed E-state index contributed by atoms with van der Waals surface area (Å²) in [5.74, 6) is -0.660. The Balaban J connectivity index is 2.27. The van der Waals surface area contributed by atoms with Crippen LogP contribution in [0.1, 0.15) is 66.0 Å². The van der Waals surface area contributed by atoms with Crippen LogP contribution >= 0.6 is 46.4 Å². The Labute approximate surface area is 251 Å². The minimum atomic E-state index is -4.36. The highest BCUT2D eigenvalue weighted by molar-refractivity contribution is 7.89. The Kier molecular flexibility index (Phi) is 10.1. The van der Waals surface area contributed by atoms with Crippen molar-refractivity contribution in [3.8, 4) is 0 Å². The van der Waals surface area contributed by atoms with Crippen molar-refractivity contribution in [1.29, 1.82) is 0 Å². The summed E-state index contributed by atoms with van der Waals surface area (Å²) in [5, 5.41) is 0.447. The van der Waals surface area contributed by atoms with Crippen LogP contribution in [0.3, 0.4) is 0 Å². The molecule has 0 fully saturated rings. The molecule has 3 rings (SSSR count). The highest BCUT2D eigenvalue weighted by Crippen LogP contribution is 2.49. The maximum atomic E-state index is 14.4. The van der Waals surface area contributed by atoms with E-state index >= 15 is 0 Å². The van der Waals surface area contributed by atoms with Gasteiger partial charge in [-0.3, -0.25) is 9.59 Å². The van der Waals surface area contributed by atoms with Crippen molar-refractivity contribution >= 4 is 68.0 Å². The fraction of sp³-hybridized carbons (Fsp3) is 0.448. The number of sulfonamides is 1. The van der Waals surface area contributed by atoms with Crippen molar-refractivity contribution in [1.82, 2.24) is 4.31 Å². The Morgan fingerprint density at radius 3 is 2.03 bits per heavy atom. The number of carbonyl (C=O) groups is 2. The van der Waals surface area contributed by atoms with Crippen LogP contribution in [-0.2, 0) is 19.6 Å². The predicted octanol–water partition coefficient (Wildman–Crippen LogP) is 8.60. The molecule has 0 N–H and O–H groups in total. The second-order valence-corrected chi connectivity index (χ2v) is 14.9. The monoisotopic (exact) mass is 631 g/mol. The molecule has 1 heterocycles. The summed E-state index contributed by atoms with van der Waals surface area (Å²) in [7, 11) is -4.36. The minimum Gasteiger partial charge on any atom is -0.300 e. The van der Waals surface area contributed by atoms with Crippen LogP contribution in [0.25, 0.3) is 0 Å². The van der Waals surface area contributed by atoms with Crippen LogP contribution in [0.4, 0.5) is 0 Å². The first-order chi connectivity index (χ1) is 18.0. The van der Waals surface area contributed by atoms with Crippen molar-refractivity contribution in [2.45, 2.75) is 71.4 Å². The maximum Gasteiger partial charge on any atom is 0.247 e. The molecule has 1 aliphatic rings. The van der Waals surface area contributed by atoms with Gasteiger partial charge < -0.3 is 0 Å². The van der Waals surface area contributed by atoms with Gasteiger partial charge in [-0.25, -0.2) is 8.42 Å².